The summed E-state index contributed by atoms with van der Waals surface area (Å²) in [5.41, 5.74) is 0.565. The van der Waals surface area contributed by atoms with Gasteiger partial charge in [0.1, 0.15) is 11.4 Å². The van der Waals surface area contributed by atoms with Crippen molar-refractivity contribution < 1.29 is 28.5 Å². The van der Waals surface area contributed by atoms with E-state index in [1.807, 2.05) is 13.8 Å². The van der Waals surface area contributed by atoms with Crippen LogP contribution < -0.4 is 24.3 Å². The number of rotatable bonds is 11. The van der Waals surface area contributed by atoms with Gasteiger partial charge in [-0.3, -0.25) is 9.59 Å². The number of hydrogen-bond acceptors (Lipinski definition) is 8. The van der Waals surface area contributed by atoms with Crippen LogP contribution in [0.5, 0.6) is 23.0 Å². The topological polar surface area (TPSA) is 108 Å². The summed E-state index contributed by atoms with van der Waals surface area (Å²) in [5.74, 6) is 0.292. The predicted octanol–water partition coefficient (Wildman–Crippen LogP) is 4.83. The van der Waals surface area contributed by atoms with Crippen LogP contribution in [0.3, 0.4) is 0 Å². The first-order valence-corrected chi connectivity index (χ1v) is 10.3. The van der Waals surface area contributed by atoms with Crippen LogP contribution in [0, 0.1) is 0 Å². The van der Waals surface area contributed by atoms with E-state index in [-0.39, 0.29) is 16.5 Å². The van der Waals surface area contributed by atoms with Gasteiger partial charge in [0.25, 0.3) is 5.91 Å². The number of ketones is 1. The maximum absolute atomic E-state index is 12.9. The highest BCUT2D eigenvalue weighted by Crippen LogP contribution is 2.39. The lowest BCUT2D eigenvalue weighted by Crippen LogP contribution is -2.32. The van der Waals surface area contributed by atoms with E-state index >= 15 is 0 Å². The number of nitrogens with zero attached hydrogens (tertiary/aromatic N) is 2. The fourth-order valence-electron chi connectivity index (χ4n) is 2.77. The molecule has 2 aromatic carbocycles. The van der Waals surface area contributed by atoms with Gasteiger partial charge in [-0.15, -0.1) is 0 Å². The minimum atomic E-state index is -1.41. The average Bonchev–Trinajstić information content (AvgIpc) is 2.75. The smallest absolute Gasteiger partial charge is 0.258 e. The number of halogens is 1. The molecule has 1 atom stereocenters. The van der Waals surface area contributed by atoms with Crippen molar-refractivity contribution in [2.24, 2.45) is 10.2 Å². The molecule has 9 nitrogen and oxygen atoms in total. The summed E-state index contributed by atoms with van der Waals surface area (Å²) >= 11 is 6.18. The van der Waals surface area contributed by atoms with Crippen LogP contribution in [0.15, 0.2) is 40.6 Å². The highest BCUT2D eigenvalue weighted by molar-refractivity contribution is 6.33. The van der Waals surface area contributed by atoms with Crippen molar-refractivity contribution in [3.63, 3.8) is 0 Å². The van der Waals surface area contributed by atoms with Crippen molar-refractivity contribution in [3.05, 3.63) is 35.4 Å². The molecule has 0 radical (unpaired) electrons. The second-order valence-electron chi connectivity index (χ2n) is 6.38. The van der Waals surface area contributed by atoms with Crippen LogP contribution in [0.4, 0.5) is 11.4 Å². The number of carbonyl (C=O) groups excluding carboxylic acids is 2. The molecule has 0 heterocycles. The van der Waals surface area contributed by atoms with E-state index in [0.29, 0.717) is 36.1 Å². The number of carbonyl (C=O) groups is 2. The average molecular weight is 464 g/mol. The fourth-order valence-corrected chi connectivity index (χ4v) is 3.05. The van der Waals surface area contributed by atoms with E-state index in [4.69, 9.17) is 30.5 Å². The van der Waals surface area contributed by atoms with E-state index in [1.54, 1.807) is 24.3 Å². The molecule has 0 aliphatic heterocycles. The summed E-state index contributed by atoms with van der Waals surface area (Å²) in [4.78, 5) is 25.0. The zero-order valence-corrected chi connectivity index (χ0v) is 19.4. The summed E-state index contributed by atoms with van der Waals surface area (Å²) in [6.45, 7) is 5.73. The van der Waals surface area contributed by atoms with Crippen molar-refractivity contribution in [1.82, 2.24) is 0 Å². The Balaban J connectivity index is 2.35. The van der Waals surface area contributed by atoms with Crippen molar-refractivity contribution in [1.29, 1.82) is 0 Å². The first-order chi connectivity index (χ1) is 15.4. The number of azo groups is 1. The fraction of sp³-hybridized carbons (Fsp3) is 0.364. The first kappa shape index (κ1) is 24.9. The van der Waals surface area contributed by atoms with Crippen LogP contribution in [-0.4, -0.2) is 45.2 Å². The van der Waals surface area contributed by atoms with Gasteiger partial charge in [0.05, 0.1) is 38.1 Å². The number of Topliss-reactive ketones (excluding diaryl/α,β-unsaturated/α-hetero) is 1. The molecule has 32 heavy (non-hydrogen) atoms. The minimum Gasteiger partial charge on any atom is -0.497 e. The van der Waals surface area contributed by atoms with Crippen LogP contribution in [0.25, 0.3) is 0 Å². The second kappa shape index (κ2) is 11.9. The number of anilines is 1. The number of methoxy groups -OCH3 is 2. The summed E-state index contributed by atoms with van der Waals surface area (Å²) in [7, 11) is 2.87. The SMILES string of the molecule is CCOc1cccc(N=NC(C(C)=O)C(=O)Nc2cc(OC)cc(Cl)c2OC)c1OCC. The summed E-state index contributed by atoms with van der Waals surface area (Å²) in [5, 5.41) is 10.9. The molecule has 10 heteroatoms. The van der Waals surface area contributed by atoms with Gasteiger partial charge in [-0.05, 0) is 32.9 Å². The van der Waals surface area contributed by atoms with Crippen molar-refractivity contribution >= 4 is 34.7 Å². The highest BCUT2D eigenvalue weighted by atomic mass is 35.5. The van der Waals surface area contributed by atoms with E-state index in [2.05, 4.69) is 15.5 Å². The van der Waals surface area contributed by atoms with Crippen LogP contribution in [0.1, 0.15) is 20.8 Å². The zero-order valence-electron chi connectivity index (χ0n) is 18.6. The second-order valence-corrected chi connectivity index (χ2v) is 6.79. The third-order valence-electron chi connectivity index (χ3n) is 4.18. The van der Waals surface area contributed by atoms with Crippen molar-refractivity contribution in [2.75, 3.05) is 32.8 Å². The van der Waals surface area contributed by atoms with Gasteiger partial charge in [0.15, 0.2) is 23.0 Å². The molecule has 1 N–H and O–H groups in total. The Morgan fingerprint density at radius 1 is 1.06 bits per heavy atom. The third kappa shape index (κ3) is 6.10. The molecule has 1 unspecified atom stereocenters. The van der Waals surface area contributed by atoms with Gasteiger partial charge in [-0.2, -0.15) is 10.2 Å². The van der Waals surface area contributed by atoms with Gasteiger partial charge in [-0.25, -0.2) is 0 Å². The van der Waals surface area contributed by atoms with Crippen molar-refractivity contribution in [3.8, 4) is 23.0 Å². The number of nitrogens with one attached hydrogen (secondary N) is 1. The normalized spacial score (nSPS) is 11.7. The summed E-state index contributed by atoms with van der Waals surface area (Å²) in [6.07, 6.45) is 0. The Labute approximate surface area is 191 Å². The van der Waals surface area contributed by atoms with Gasteiger partial charge in [-0.1, -0.05) is 17.7 Å². The maximum Gasteiger partial charge on any atom is 0.258 e. The monoisotopic (exact) mass is 463 g/mol. The lowest BCUT2D eigenvalue weighted by Gasteiger charge is -2.15. The van der Waals surface area contributed by atoms with E-state index in [0.717, 1.165) is 0 Å². The van der Waals surface area contributed by atoms with Gasteiger partial charge in [0, 0.05) is 12.1 Å². The molecular weight excluding hydrogens is 438 g/mol. The summed E-state index contributed by atoms with van der Waals surface area (Å²) in [6, 6.07) is 6.76. The van der Waals surface area contributed by atoms with Crippen LogP contribution in [-0.2, 0) is 9.59 Å². The molecule has 0 saturated carbocycles. The molecular formula is C22H26ClN3O6. The molecule has 0 aliphatic carbocycles. The zero-order chi connectivity index (χ0) is 23.7. The van der Waals surface area contributed by atoms with E-state index in [1.165, 1.54) is 27.2 Å². The van der Waals surface area contributed by atoms with Crippen LogP contribution in [0.2, 0.25) is 5.02 Å². The number of amides is 1. The molecule has 0 aliphatic rings. The summed E-state index contributed by atoms with van der Waals surface area (Å²) < 4.78 is 21.6. The number of para-hydroxylation sites is 1. The minimum absolute atomic E-state index is 0.225. The molecule has 172 valence electrons. The van der Waals surface area contributed by atoms with Gasteiger partial charge >= 0.3 is 0 Å². The lowest BCUT2D eigenvalue weighted by atomic mass is 10.2. The molecule has 2 aromatic rings. The molecule has 0 spiro atoms. The number of ether oxygens (including phenoxy) is 4. The maximum atomic E-state index is 12.9. The predicted molar refractivity (Wildman–Crippen MR) is 121 cm³/mol. The van der Waals surface area contributed by atoms with Crippen LogP contribution >= 0.6 is 11.6 Å². The van der Waals surface area contributed by atoms with Gasteiger partial charge in [0.2, 0.25) is 6.04 Å². The van der Waals surface area contributed by atoms with Crippen molar-refractivity contribution in [2.45, 2.75) is 26.8 Å². The Bertz CT molecular complexity index is 996. The molecule has 0 fully saturated rings. The molecule has 0 aromatic heterocycles. The number of hydrogen-bond donors (Lipinski definition) is 1. The van der Waals surface area contributed by atoms with Gasteiger partial charge < -0.3 is 24.3 Å². The Hall–Kier alpha value is -3.33. The standard InChI is InChI=1S/C22H26ClN3O6/c1-6-31-18-10-8-9-16(21(18)32-7-2)25-26-19(13(3)27)22(28)24-17-12-14(29-4)11-15(23)20(17)30-5/h8-12,19H,6-7H2,1-5H3,(H,24,28). The first-order valence-electron chi connectivity index (χ1n) is 9.88. The molecule has 2 rings (SSSR count). The van der Waals surface area contributed by atoms with E-state index < -0.39 is 17.7 Å². The molecule has 0 bridgehead atoms. The number of benzene rings is 2. The Morgan fingerprint density at radius 2 is 1.78 bits per heavy atom. The third-order valence-corrected chi connectivity index (χ3v) is 4.46. The highest BCUT2D eigenvalue weighted by Gasteiger charge is 2.25. The molecule has 0 saturated heterocycles. The lowest BCUT2D eigenvalue weighted by molar-refractivity contribution is -0.126. The quantitative estimate of drug-likeness (QED) is 0.377. The Morgan fingerprint density at radius 3 is 2.38 bits per heavy atom. The molecule has 1 amide bonds. The van der Waals surface area contributed by atoms with E-state index in [9.17, 15) is 9.59 Å². The largest absolute Gasteiger partial charge is 0.497 e. The Kier molecular flexibility index (Phi) is 9.27.